The Balaban J connectivity index is 0.00000162. The fourth-order valence-electron chi connectivity index (χ4n) is 2.93. The molecule has 18 heavy (non-hydrogen) atoms. The van der Waals surface area contributed by atoms with Crippen LogP contribution in [0.1, 0.15) is 33.1 Å². The standard InChI is InChI=1S/C13H24N2O2.ClH/c1-3-9(2)17-8-13(16)15-6-10-4-5-12(14)11(10)7-15;/h9-12H,3-8,14H2,1-2H3;1H. The minimum Gasteiger partial charge on any atom is -0.369 e. The SMILES string of the molecule is CCC(C)OCC(=O)N1CC2CCC(N)C2C1.Cl. The zero-order valence-corrected chi connectivity index (χ0v) is 12.1. The van der Waals surface area contributed by atoms with Gasteiger partial charge in [-0.15, -0.1) is 12.4 Å². The van der Waals surface area contributed by atoms with Gasteiger partial charge in [-0.05, 0) is 38.0 Å². The molecule has 4 unspecified atom stereocenters. The van der Waals surface area contributed by atoms with E-state index in [-0.39, 0.29) is 31.0 Å². The smallest absolute Gasteiger partial charge is 0.248 e. The summed E-state index contributed by atoms with van der Waals surface area (Å²) >= 11 is 0. The molecule has 2 fully saturated rings. The number of carbonyl (C=O) groups excluding carboxylic acids is 1. The highest BCUT2D eigenvalue weighted by Gasteiger charge is 2.42. The Bertz CT molecular complexity index is 288. The normalized spacial score (nSPS) is 31.9. The van der Waals surface area contributed by atoms with Crippen molar-refractivity contribution in [1.82, 2.24) is 4.90 Å². The van der Waals surface area contributed by atoms with Gasteiger partial charge in [-0.3, -0.25) is 4.79 Å². The maximum absolute atomic E-state index is 12.0. The van der Waals surface area contributed by atoms with Gasteiger partial charge in [0.15, 0.2) is 0 Å². The summed E-state index contributed by atoms with van der Waals surface area (Å²) in [6.45, 7) is 6.02. The van der Waals surface area contributed by atoms with Gasteiger partial charge in [0.2, 0.25) is 5.91 Å². The average molecular weight is 277 g/mol. The van der Waals surface area contributed by atoms with Crippen molar-refractivity contribution >= 4 is 18.3 Å². The molecule has 1 heterocycles. The molecule has 0 radical (unpaired) electrons. The highest BCUT2D eigenvalue weighted by Crippen LogP contribution is 2.37. The average Bonchev–Trinajstić information content (AvgIpc) is 2.88. The third kappa shape index (κ3) is 3.37. The van der Waals surface area contributed by atoms with Crippen LogP contribution in [0.2, 0.25) is 0 Å². The zero-order valence-electron chi connectivity index (χ0n) is 11.3. The van der Waals surface area contributed by atoms with Crippen molar-refractivity contribution in [2.45, 2.75) is 45.3 Å². The molecule has 2 rings (SSSR count). The monoisotopic (exact) mass is 276 g/mol. The quantitative estimate of drug-likeness (QED) is 0.845. The van der Waals surface area contributed by atoms with E-state index in [4.69, 9.17) is 10.5 Å². The molecule has 1 saturated heterocycles. The Morgan fingerprint density at radius 3 is 2.78 bits per heavy atom. The molecule has 0 aromatic carbocycles. The van der Waals surface area contributed by atoms with Crippen LogP contribution in [0.4, 0.5) is 0 Å². The highest BCUT2D eigenvalue weighted by molar-refractivity contribution is 5.85. The van der Waals surface area contributed by atoms with Crippen molar-refractivity contribution in [3.8, 4) is 0 Å². The van der Waals surface area contributed by atoms with Crippen LogP contribution in [-0.4, -0.2) is 42.6 Å². The van der Waals surface area contributed by atoms with Crippen molar-refractivity contribution in [3.05, 3.63) is 0 Å². The summed E-state index contributed by atoms with van der Waals surface area (Å²) in [5.74, 6) is 1.30. The lowest BCUT2D eigenvalue weighted by Crippen LogP contribution is -2.36. The Labute approximate surface area is 116 Å². The number of carbonyl (C=O) groups is 1. The summed E-state index contributed by atoms with van der Waals surface area (Å²) in [5.41, 5.74) is 6.06. The minimum absolute atomic E-state index is 0. The predicted molar refractivity (Wildman–Crippen MR) is 73.7 cm³/mol. The molecule has 1 aliphatic carbocycles. The summed E-state index contributed by atoms with van der Waals surface area (Å²) in [6.07, 6.45) is 3.43. The van der Waals surface area contributed by atoms with Crippen LogP contribution in [0, 0.1) is 11.8 Å². The predicted octanol–water partition coefficient (Wildman–Crippen LogP) is 1.42. The van der Waals surface area contributed by atoms with Crippen LogP contribution < -0.4 is 5.73 Å². The van der Waals surface area contributed by atoms with Crippen LogP contribution in [0.5, 0.6) is 0 Å². The molecule has 0 spiro atoms. The second-order valence-electron chi connectivity index (χ2n) is 5.49. The van der Waals surface area contributed by atoms with Crippen LogP contribution in [0.3, 0.4) is 0 Å². The fourth-order valence-corrected chi connectivity index (χ4v) is 2.93. The number of amides is 1. The summed E-state index contributed by atoms with van der Waals surface area (Å²) < 4.78 is 5.49. The first-order chi connectivity index (χ1) is 8.11. The first-order valence-electron chi connectivity index (χ1n) is 6.76. The summed E-state index contributed by atoms with van der Waals surface area (Å²) in [7, 11) is 0. The van der Waals surface area contributed by atoms with E-state index in [1.54, 1.807) is 0 Å². The number of nitrogens with zero attached hydrogens (tertiary/aromatic N) is 1. The zero-order chi connectivity index (χ0) is 12.4. The molecule has 4 atom stereocenters. The van der Waals surface area contributed by atoms with E-state index in [1.165, 1.54) is 6.42 Å². The molecule has 4 nitrogen and oxygen atoms in total. The van der Waals surface area contributed by atoms with E-state index in [9.17, 15) is 4.79 Å². The Hall–Kier alpha value is -0.320. The third-order valence-electron chi connectivity index (χ3n) is 4.33. The molecule has 0 aromatic heterocycles. The fraction of sp³-hybridized carbons (Fsp3) is 0.923. The van der Waals surface area contributed by atoms with Gasteiger partial charge >= 0.3 is 0 Å². The second kappa shape index (κ2) is 6.73. The van der Waals surface area contributed by atoms with Gasteiger partial charge in [-0.2, -0.15) is 0 Å². The lowest BCUT2D eigenvalue weighted by molar-refractivity contribution is -0.137. The van der Waals surface area contributed by atoms with Crippen LogP contribution in [-0.2, 0) is 9.53 Å². The van der Waals surface area contributed by atoms with Crippen molar-refractivity contribution in [2.24, 2.45) is 17.6 Å². The number of hydrogen-bond acceptors (Lipinski definition) is 3. The van der Waals surface area contributed by atoms with Gasteiger partial charge < -0.3 is 15.4 Å². The topological polar surface area (TPSA) is 55.6 Å². The van der Waals surface area contributed by atoms with Gasteiger partial charge in [0.1, 0.15) is 6.61 Å². The number of halogens is 1. The Morgan fingerprint density at radius 2 is 2.17 bits per heavy atom. The molecular formula is C13H25ClN2O2. The van der Waals surface area contributed by atoms with Crippen molar-refractivity contribution in [2.75, 3.05) is 19.7 Å². The minimum atomic E-state index is 0. The molecule has 0 bridgehead atoms. The van der Waals surface area contributed by atoms with E-state index in [2.05, 4.69) is 6.92 Å². The maximum Gasteiger partial charge on any atom is 0.248 e. The van der Waals surface area contributed by atoms with Crippen LogP contribution in [0.15, 0.2) is 0 Å². The lowest BCUT2D eigenvalue weighted by Gasteiger charge is -2.19. The van der Waals surface area contributed by atoms with Crippen LogP contribution >= 0.6 is 12.4 Å². The van der Waals surface area contributed by atoms with E-state index >= 15 is 0 Å². The molecule has 2 aliphatic rings. The van der Waals surface area contributed by atoms with Crippen molar-refractivity contribution < 1.29 is 9.53 Å². The van der Waals surface area contributed by atoms with Crippen molar-refractivity contribution in [1.29, 1.82) is 0 Å². The van der Waals surface area contributed by atoms with Gasteiger partial charge in [0, 0.05) is 19.1 Å². The van der Waals surface area contributed by atoms with Crippen LogP contribution in [0.25, 0.3) is 0 Å². The summed E-state index contributed by atoms with van der Waals surface area (Å²) in [4.78, 5) is 13.9. The first-order valence-corrected chi connectivity index (χ1v) is 6.76. The highest BCUT2D eigenvalue weighted by atomic mass is 35.5. The number of hydrogen-bond donors (Lipinski definition) is 1. The maximum atomic E-state index is 12.0. The van der Waals surface area contributed by atoms with Gasteiger partial charge in [0.05, 0.1) is 6.10 Å². The number of fused-ring (bicyclic) bond motifs is 1. The molecule has 1 amide bonds. The third-order valence-corrected chi connectivity index (χ3v) is 4.33. The van der Waals surface area contributed by atoms with E-state index in [1.807, 2.05) is 11.8 Å². The molecule has 0 aromatic rings. The molecule has 5 heteroatoms. The molecular weight excluding hydrogens is 252 g/mol. The number of rotatable bonds is 4. The van der Waals surface area contributed by atoms with E-state index in [0.717, 1.165) is 25.9 Å². The van der Waals surface area contributed by atoms with Gasteiger partial charge in [-0.1, -0.05) is 6.92 Å². The Kier molecular flexibility index (Phi) is 5.89. The number of nitrogens with two attached hydrogens (primary N) is 1. The number of ether oxygens (including phenoxy) is 1. The van der Waals surface area contributed by atoms with Crippen molar-refractivity contribution in [3.63, 3.8) is 0 Å². The summed E-state index contributed by atoms with van der Waals surface area (Å²) in [6, 6.07) is 0.299. The van der Waals surface area contributed by atoms with Gasteiger partial charge in [0.25, 0.3) is 0 Å². The lowest BCUT2D eigenvalue weighted by atomic mass is 9.98. The first kappa shape index (κ1) is 15.7. The molecule has 2 N–H and O–H groups in total. The Morgan fingerprint density at radius 1 is 1.44 bits per heavy atom. The summed E-state index contributed by atoms with van der Waals surface area (Å²) in [5, 5.41) is 0. The second-order valence-corrected chi connectivity index (χ2v) is 5.49. The molecule has 1 aliphatic heterocycles. The molecule has 1 saturated carbocycles. The van der Waals surface area contributed by atoms with Gasteiger partial charge in [-0.25, -0.2) is 0 Å². The number of likely N-dealkylation sites (tertiary alicyclic amines) is 1. The van der Waals surface area contributed by atoms with E-state index < -0.39 is 0 Å². The molecule has 106 valence electrons. The van der Waals surface area contributed by atoms with E-state index in [0.29, 0.717) is 17.9 Å². The largest absolute Gasteiger partial charge is 0.369 e.